The number of rotatable bonds is 4. The van der Waals surface area contributed by atoms with Gasteiger partial charge in [-0.05, 0) is 24.3 Å². The summed E-state index contributed by atoms with van der Waals surface area (Å²) in [5.41, 5.74) is -1.22. The summed E-state index contributed by atoms with van der Waals surface area (Å²) < 4.78 is 48.8. The first-order valence-electron chi connectivity index (χ1n) is 6.63. The summed E-state index contributed by atoms with van der Waals surface area (Å²) in [6.45, 7) is -0.373. The maximum atomic E-state index is 12.9. The second-order valence-corrected chi connectivity index (χ2v) is 4.79. The van der Waals surface area contributed by atoms with Crippen molar-refractivity contribution >= 4 is 16.9 Å². The van der Waals surface area contributed by atoms with Crippen LogP contribution in [0.2, 0.25) is 0 Å². The van der Waals surface area contributed by atoms with E-state index in [1.165, 1.54) is 30.3 Å². The maximum absolute atomic E-state index is 12.9. The normalized spacial score (nSPS) is 11.6. The van der Waals surface area contributed by atoms with E-state index in [0.29, 0.717) is 0 Å². The van der Waals surface area contributed by atoms with E-state index in [4.69, 9.17) is 14.4 Å². The molecule has 1 N–H and O–H groups in total. The number of halogens is 3. The van der Waals surface area contributed by atoms with Crippen LogP contribution in [0.15, 0.2) is 41.1 Å². The monoisotopic (exact) mass is 338 g/mol. The summed E-state index contributed by atoms with van der Waals surface area (Å²) in [5, 5.41) is 12.6. The van der Waals surface area contributed by atoms with E-state index in [-0.39, 0.29) is 34.6 Å². The lowest BCUT2D eigenvalue weighted by Gasteiger charge is -2.12. The minimum absolute atomic E-state index is 0.131. The number of hydrogen-bond donors (Lipinski definition) is 1. The van der Waals surface area contributed by atoms with Gasteiger partial charge in [-0.15, -0.1) is 0 Å². The molecule has 0 aliphatic rings. The number of fused-ring (bicyclic) bond motifs is 1. The third kappa shape index (κ3) is 3.00. The zero-order valence-electron chi connectivity index (χ0n) is 11.9. The molecule has 0 spiro atoms. The molecule has 0 aliphatic heterocycles. The average Bonchev–Trinajstić information content (AvgIpc) is 2.95. The summed E-state index contributed by atoms with van der Waals surface area (Å²) in [6.07, 6.45) is -3.54. The minimum atomic E-state index is -4.59. The van der Waals surface area contributed by atoms with Crippen molar-refractivity contribution < 1.29 is 32.3 Å². The van der Waals surface area contributed by atoms with Crippen LogP contribution in [0.3, 0.4) is 0 Å². The molecule has 0 atom stereocenters. The van der Waals surface area contributed by atoms with Gasteiger partial charge in [-0.25, -0.2) is 4.79 Å². The van der Waals surface area contributed by atoms with E-state index >= 15 is 0 Å². The predicted octanol–water partition coefficient (Wildman–Crippen LogP) is 3.52. The van der Waals surface area contributed by atoms with Gasteiger partial charge in [-0.3, -0.25) is 4.98 Å². The molecule has 0 bridgehead atoms. The van der Waals surface area contributed by atoms with Crippen LogP contribution in [0.5, 0.6) is 5.75 Å². The standard InChI is InChI=1S/C15H9F3N2O4/c16-15(17,18)13-8(2-1-5-19-13)7-23-9-3-4-11-10(6-9)12(14(21)22)20-24-11/h1-6H,7H2,(H,21,22). The second kappa shape index (κ2) is 5.84. The minimum Gasteiger partial charge on any atom is -0.489 e. The number of pyridine rings is 1. The first kappa shape index (κ1) is 15.8. The third-order valence-electron chi connectivity index (χ3n) is 3.20. The lowest BCUT2D eigenvalue weighted by Crippen LogP contribution is -2.13. The Morgan fingerprint density at radius 3 is 2.79 bits per heavy atom. The van der Waals surface area contributed by atoms with Gasteiger partial charge in [0.05, 0.1) is 5.39 Å². The van der Waals surface area contributed by atoms with Crippen LogP contribution in [-0.2, 0) is 12.8 Å². The van der Waals surface area contributed by atoms with Crippen molar-refractivity contribution in [3.8, 4) is 5.75 Å². The lowest BCUT2D eigenvalue weighted by molar-refractivity contribution is -0.142. The Balaban J connectivity index is 1.87. The molecule has 124 valence electrons. The van der Waals surface area contributed by atoms with Gasteiger partial charge in [0.2, 0.25) is 0 Å². The topological polar surface area (TPSA) is 85.5 Å². The number of carbonyl (C=O) groups is 1. The summed E-state index contributed by atoms with van der Waals surface area (Å²) in [6, 6.07) is 6.86. The van der Waals surface area contributed by atoms with Gasteiger partial charge in [-0.2, -0.15) is 13.2 Å². The van der Waals surface area contributed by atoms with Gasteiger partial charge in [0.1, 0.15) is 12.4 Å². The molecule has 2 aromatic heterocycles. The van der Waals surface area contributed by atoms with E-state index in [0.717, 1.165) is 6.20 Å². The third-order valence-corrected chi connectivity index (χ3v) is 3.20. The molecule has 0 fully saturated rings. The van der Waals surface area contributed by atoms with Gasteiger partial charge in [0.15, 0.2) is 17.0 Å². The Labute approximate surface area is 132 Å². The Morgan fingerprint density at radius 1 is 1.29 bits per heavy atom. The van der Waals surface area contributed by atoms with E-state index in [1.54, 1.807) is 0 Å². The van der Waals surface area contributed by atoms with Gasteiger partial charge < -0.3 is 14.4 Å². The van der Waals surface area contributed by atoms with Crippen molar-refractivity contribution in [2.75, 3.05) is 0 Å². The quantitative estimate of drug-likeness (QED) is 0.783. The largest absolute Gasteiger partial charge is 0.489 e. The van der Waals surface area contributed by atoms with Crippen molar-refractivity contribution in [3.05, 3.63) is 53.5 Å². The van der Waals surface area contributed by atoms with Crippen LogP contribution in [0.1, 0.15) is 21.7 Å². The first-order chi connectivity index (χ1) is 11.4. The molecule has 6 nitrogen and oxygen atoms in total. The van der Waals surface area contributed by atoms with Crippen molar-refractivity contribution in [3.63, 3.8) is 0 Å². The smallest absolute Gasteiger partial charge is 0.433 e. The molecule has 24 heavy (non-hydrogen) atoms. The molecule has 0 unspecified atom stereocenters. The van der Waals surface area contributed by atoms with Crippen LogP contribution in [0.4, 0.5) is 13.2 Å². The van der Waals surface area contributed by atoms with Crippen LogP contribution in [0, 0.1) is 0 Å². The van der Waals surface area contributed by atoms with Gasteiger partial charge in [0.25, 0.3) is 0 Å². The number of carboxylic acid groups (broad SMARTS) is 1. The Kier molecular flexibility index (Phi) is 3.84. The van der Waals surface area contributed by atoms with Crippen molar-refractivity contribution in [2.24, 2.45) is 0 Å². The summed E-state index contributed by atoms with van der Waals surface area (Å²) >= 11 is 0. The Hall–Kier alpha value is -3.10. The van der Waals surface area contributed by atoms with E-state index in [2.05, 4.69) is 10.1 Å². The molecule has 1 aromatic carbocycles. The molecule has 2 heterocycles. The van der Waals surface area contributed by atoms with Crippen molar-refractivity contribution in [1.29, 1.82) is 0 Å². The van der Waals surface area contributed by atoms with Gasteiger partial charge in [0, 0.05) is 11.8 Å². The molecule has 3 aromatic rings. The second-order valence-electron chi connectivity index (χ2n) is 4.79. The Morgan fingerprint density at radius 2 is 2.08 bits per heavy atom. The molecule has 0 saturated carbocycles. The molecule has 0 amide bonds. The fraction of sp³-hybridized carbons (Fsp3) is 0.133. The summed E-state index contributed by atoms with van der Waals surface area (Å²) in [7, 11) is 0. The molecule has 0 radical (unpaired) electrons. The van der Waals surface area contributed by atoms with Crippen LogP contribution in [-0.4, -0.2) is 21.2 Å². The number of aromatic nitrogens is 2. The van der Waals surface area contributed by atoms with E-state index in [1.807, 2.05) is 0 Å². The number of benzene rings is 1. The maximum Gasteiger partial charge on any atom is 0.433 e. The lowest BCUT2D eigenvalue weighted by atomic mass is 10.2. The number of nitrogens with zero attached hydrogens (tertiary/aromatic N) is 2. The van der Waals surface area contributed by atoms with Gasteiger partial charge in [-0.1, -0.05) is 11.2 Å². The molecule has 9 heteroatoms. The summed E-state index contributed by atoms with van der Waals surface area (Å²) in [4.78, 5) is 14.4. The number of ether oxygens (including phenoxy) is 1. The van der Waals surface area contributed by atoms with Crippen molar-refractivity contribution in [1.82, 2.24) is 10.1 Å². The highest BCUT2D eigenvalue weighted by molar-refractivity contribution is 6.00. The highest BCUT2D eigenvalue weighted by Crippen LogP contribution is 2.31. The first-order valence-corrected chi connectivity index (χ1v) is 6.63. The predicted molar refractivity (Wildman–Crippen MR) is 74.5 cm³/mol. The molecule has 0 saturated heterocycles. The highest BCUT2D eigenvalue weighted by atomic mass is 19.4. The van der Waals surface area contributed by atoms with E-state index < -0.39 is 17.8 Å². The Bertz CT molecular complexity index is 905. The van der Waals surface area contributed by atoms with Crippen LogP contribution < -0.4 is 4.74 Å². The zero-order valence-corrected chi connectivity index (χ0v) is 11.9. The fourth-order valence-corrected chi connectivity index (χ4v) is 2.13. The fourth-order valence-electron chi connectivity index (χ4n) is 2.13. The molecule has 3 rings (SSSR count). The van der Waals surface area contributed by atoms with Crippen LogP contribution in [0.25, 0.3) is 11.0 Å². The van der Waals surface area contributed by atoms with E-state index in [9.17, 15) is 18.0 Å². The molecule has 0 aliphatic carbocycles. The molecular weight excluding hydrogens is 329 g/mol. The summed E-state index contributed by atoms with van der Waals surface area (Å²) in [5.74, 6) is -1.09. The SMILES string of the molecule is O=C(O)c1noc2ccc(OCc3cccnc3C(F)(F)F)cc12. The number of aromatic carboxylic acids is 1. The zero-order chi connectivity index (χ0) is 17.3. The highest BCUT2D eigenvalue weighted by Gasteiger charge is 2.35. The van der Waals surface area contributed by atoms with Crippen LogP contribution >= 0.6 is 0 Å². The van der Waals surface area contributed by atoms with Crippen molar-refractivity contribution in [2.45, 2.75) is 12.8 Å². The molecular formula is C15H9F3N2O4. The number of alkyl halides is 3. The number of carboxylic acids is 1. The van der Waals surface area contributed by atoms with Gasteiger partial charge >= 0.3 is 12.1 Å². The number of hydrogen-bond acceptors (Lipinski definition) is 5. The average molecular weight is 338 g/mol.